The Morgan fingerprint density at radius 3 is 1.83 bits per heavy atom. The van der Waals surface area contributed by atoms with Crippen molar-refractivity contribution in [3.8, 4) is 5.75 Å². The highest BCUT2D eigenvalue weighted by atomic mass is 16.4. The number of carboxylic acids is 1. The summed E-state index contributed by atoms with van der Waals surface area (Å²) in [5.41, 5.74) is 8.39. The van der Waals surface area contributed by atoms with Gasteiger partial charge in [0, 0.05) is 24.3 Å². The number of rotatable bonds is 21. The van der Waals surface area contributed by atoms with Crippen LogP contribution in [0, 0.1) is 5.92 Å². The molecule has 0 radical (unpaired) electrons. The summed E-state index contributed by atoms with van der Waals surface area (Å²) in [6, 6.07) is 22.1. The maximum Gasteiger partial charge on any atom is 0.303 e. The lowest BCUT2D eigenvalue weighted by atomic mass is 9.78. The first-order valence-corrected chi connectivity index (χ1v) is 21.1. The first-order valence-electron chi connectivity index (χ1n) is 21.1. The van der Waals surface area contributed by atoms with Crippen LogP contribution in [0.3, 0.4) is 0 Å². The molecule has 3 aromatic rings. The summed E-state index contributed by atoms with van der Waals surface area (Å²) in [7, 11) is 0. The molecule has 3 rings (SSSR count). The normalized spacial score (nSPS) is 11.8. The Kier molecular flexibility index (Phi) is 20.3. The van der Waals surface area contributed by atoms with E-state index in [0.717, 1.165) is 29.2 Å². The molecule has 0 spiro atoms. The maximum atomic E-state index is 10.8. The second-order valence-corrected chi connectivity index (χ2v) is 17.7. The van der Waals surface area contributed by atoms with Crippen LogP contribution in [0.2, 0.25) is 0 Å². The molecule has 53 heavy (non-hydrogen) atoms. The first-order chi connectivity index (χ1) is 25.1. The molecule has 0 fully saturated rings. The zero-order chi connectivity index (χ0) is 39.4. The van der Waals surface area contributed by atoms with Crippen molar-refractivity contribution >= 4 is 17.3 Å². The van der Waals surface area contributed by atoms with Gasteiger partial charge >= 0.3 is 5.97 Å². The number of carbonyl (C=O) groups is 1. The van der Waals surface area contributed by atoms with E-state index in [1.165, 1.54) is 101 Å². The first kappa shape index (κ1) is 45.9. The van der Waals surface area contributed by atoms with Crippen LogP contribution in [-0.2, 0) is 34.9 Å². The Labute approximate surface area is 325 Å². The molecule has 0 amide bonds. The fourth-order valence-electron chi connectivity index (χ4n) is 7.08. The van der Waals surface area contributed by atoms with Gasteiger partial charge in [-0.25, -0.2) is 0 Å². The second-order valence-electron chi connectivity index (χ2n) is 17.7. The monoisotopic (exact) mass is 728 g/mol. The molecular weight excluding hydrogens is 651 g/mol. The molecular formula is C49H77NO3. The number of phenolic OH excluding ortho intramolecular Hbond substituents is 1. The predicted octanol–water partition coefficient (Wildman–Crippen LogP) is 14.3. The van der Waals surface area contributed by atoms with E-state index < -0.39 is 5.97 Å². The Bertz CT molecular complexity index is 1430. The molecule has 2 N–H and O–H groups in total. The lowest BCUT2D eigenvalue weighted by Gasteiger charge is -2.29. The second kappa shape index (κ2) is 23.5. The van der Waals surface area contributed by atoms with Crippen molar-refractivity contribution in [3.05, 3.63) is 88.5 Å². The summed E-state index contributed by atoms with van der Waals surface area (Å²) in [4.78, 5) is 13.4. The number of carboxylic acid groups (broad SMARTS) is 1. The van der Waals surface area contributed by atoms with Crippen molar-refractivity contribution in [1.82, 2.24) is 0 Å². The van der Waals surface area contributed by atoms with Crippen LogP contribution in [-0.4, -0.2) is 22.7 Å². The third-order valence-corrected chi connectivity index (χ3v) is 10.3. The number of anilines is 2. The molecule has 0 atom stereocenters. The zero-order valence-electron chi connectivity index (χ0n) is 35.6. The highest BCUT2D eigenvalue weighted by molar-refractivity contribution is 5.68. The average molecular weight is 728 g/mol. The van der Waals surface area contributed by atoms with E-state index >= 15 is 0 Å². The van der Waals surface area contributed by atoms with Gasteiger partial charge in [-0.05, 0) is 101 Å². The summed E-state index contributed by atoms with van der Waals surface area (Å²) < 4.78 is 0. The highest BCUT2D eigenvalue weighted by Gasteiger charge is 2.26. The summed E-state index contributed by atoms with van der Waals surface area (Å²) in [6.07, 6.45) is 19.0. The predicted molar refractivity (Wildman–Crippen MR) is 230 cm³/mol. The Morgan fingerprint density at radius 1 is 0.679 bits per heavy atom. The lowest BCUT2D eigenvalue weighted by molar-refractivity contribution is -0.136. The standard InChI is InChI=1S/C32H51N.C17H26O3/c1-5-7-9-10-11-18-27-33(30-23-16-13-17-24-30)32-26-19-22-29(31(32)25-8-6-2)21-15-12-14-20-28(3)4;1-16(2,3)12-9-11(7-8-14(18)19)10-13(15(12)20)17(4,5)6/h13,16-17,19,22-24,26,28H,5-12,14-15,18,20-21,25,27H2,1-4H3;9-10,20H,7-8H2,1-6H3,(H,18,19). The number of phenols is 1. The van der Waals surface area contributed by atoms with Crippen LogP contribution in [0.5, 0.6) is 5.75 Å². The summed E-state index contributed by atoms with van der Waals surface area (Å²) in [5.74, 6) is 0.367. The van der Waals surface area contributed by atoms with Gasteiger partial charge in [0.15, 0.2) is 0 Å². The largest absolute Gasteiger partial charge is 0.507 e. The fraction of sp³-hybridized carbons (Fsp3) is 0.612. The highest BCUT2D eigenvalue weighted by Crippen LogP contribution is 2.40. The van der Waals surface area contributed by atoms with Crippen LogP contribution in [0.4, 0.5) is 11.4 Å². The van der Waals surface area contributed by atoms with Crippen molar-refractivity contribution < 1.29 is 15.0 Å². The molecule has 0 aliphatic rings. The minimum absolute atomic E-state index is 0.109. The molecule has 0 unspecified atom stereocenters. The van der Waals surface area contributed by atoms with Gasteiger partial charge < -0.3 is 15.1 Å². The molecule has 0 bridgehead atoms. The molecule has 0 aromatic heterocycles. The van der Waals surface area contributed by atoms with Crippen LogP contribution in [0.25, 0.3) is 0 Å². The zero-order valence-corrected chi connectivity index (χ0v) is 35.6. The van der Waals surface area contributed by atoms with Crippen molar-refractivity contribution in [2.45, 2.75) is 183 Å². The van der Waals surface area contributed by atoms with Gasteiger partial charge in [0.2, 0.25) is 0 Å². The van der Waals surface area contributed by atoms with Crippen molar-refractivity contribution in [1.29, 1.82) is 0 Å². The molecule has 4 heteroatoms. The van der Waals surface area contributed by atoms with E-state index in [2.05, 4.69) is 123 Å². The lowest BCUT2D eigenvalue weighted by Crippen LogP contribution is -2.20. The number of aromatic hydroxyl groups is 1. The smallest absolute Gasteiger partial charge is 0.303 e. The van der Waals surface area contributed by atoms with Crippen molar-refractivity contribution in [2.75, 3.05) is 11.4 Å². The average Bonchev–Trinajstić information content (AvgIpc) is 3.09. The minimum atomic E-state index is -0.798. The molecule has 0 aliphatic carbocycles. The van der Waals surface area contributed by atoms with E-state index in [-0.39, 0.29) is 17.3 Å². The third-order valence-electron chi connectivity index (χ3n) is 10.3. The van der Waals surface area contributed by atoms with E-state index in [4.69, 9.17) is 5.11 Å². The number of hydrogen-bond donors (Lipinski definition) is 2. The van der Waals surface area contributed by atoms with Crippen molar-refractivity contribution in [2.24, 2.45) is 5.92 Å². The van der Waals surface area contributed by atoms with E-state index in [0.29, 0.717) is 12.2 Å². The quantitative estimate of drug-likeness (QED) is 0.107. The number of para-hydroxylation sites is 1. The molecule has 0 saturated heterocycles. The van der Waals surface area contributed by atoms with Crippen LogP contribution >= 0.6 is 0 Å². The van der Waals surface area contributed by atoms with Crippen molar-refractivity contribution in [3.63, 3.8) is 0 Å². The number of benzene rings is 3. The Balaban J connectivity index is 0.000000415. The topological polar surface area (TPSA) is 60.8 Å². The van der Waals surface area contributed by atoms with Gasteiger partial charge in [0.25, 0.3) is 0 Å². The van der Waals surface area contributed by atoms with Gasteiger partial charge in [0.1, 0.15) is 5.75 Å². The van der Waals surface area contributed by atoms with Crippen LogP contribution in [0.1, 0.15) is 181 Å². The van der Waals surface area contributed by atoms with Gasteiger partial charge in [0.05, 0.1) is 0 Å². The molecule has 4 nitrogen and oxygen atoms in total. The van der Waals surface area contributed by atoms with E-state index in [1.54, 1.807) is 11.1 Å². The molecule has 0 heterocycles. The number of aryl methyl sites for hydroxylation is 2. The van der Waals surface area contributed by atoms with Gasteiger partial charge in [-0.1, -0.05) is 169 Å². The van der Waals surface area contributed by atoms with E-state index in [9.17, 15) is 9.90 Å². The minimum Gasteiger partial charge on any atom is -0.507 e. The Hall–Kier alpha value is -3.27. The summed E-state index contributed by atoms with van der Waals surface area (Å²) in [5, 5.41) is 19.4. The van der Waals surface area contributed by atoms with Gasteiger partial charge in [-0.15, -0.1) is 0 Å². The summed E-state index contributed by atoms with van der Waals surface area (Å²) in [6.45, 7) is 22.7. The molecule has 0 aliphatic heterocycles. The number of unbranched alkanes of at least 4 members (excludes halogenated alkanes) is 8. The molecule has 0 saturated carbocycles. The van der Waals surface area contributed by atoms with Gasteiger partial charge in [-0.3, -0.25) is 4.79 Å². The maximum absolute atomic E-state index is 10.8. The molecule has 296 valence electrons. The fourth-order valence-corrected chi connectivity index (χ4v) is 7.08. The number of hydrogen-bond acceptors (Lipinski definition) is 3. The van der Waals surface area contributed by atoms with E-state index in [1.807, 2.05) is 12.1 Å². The Morgan fingerprint density at radius 2 is 1.26 bits per heavy atom. The number of nitrogens with zero attached hydrogens (tertiary/aromatic N) is 1. The number of aliphatic carboxylic acids is 1. The molecule has 3 aromatic carbocycles. The SMILES string of the molecule is CC(C)(C)c1cc(CCC(=O)O)cc(C(C)(C)C)c1O.CCCCCCCCN(c1ccccc1)c1cccc(CCCCCC(C)C)c1CCCC. The van der Waals surface area contributed by atoms with Crippen LogP contribution < -0.4 is 4.90 Å². The van der Waals surface area contributed by atoms with Crippen LogP contribution in [0.15, 0.2) is 60.7 Å². The third kappa shape index (κ3) is 16.7. The summed E-state index contributed by atoms with van der Waals surface area (Å²) >= 11 is 0. The van der Waals surface area contributed by atoms with Gasteiger partial charge in [-0.2, -0.15) is 0 Å².